The Morgan fingerprint density at radius 2 is 1.82 bits per heavy atom. The summed E-state index contributed by atoms with van der Waals surface area (Å²) in [6.07, 6.45) is 3.79. The van der Waals surface area contributed by atoms with E-state index in [-0.39, 0.29) is 4.91 Å². The lowest BCUT2D eigenvalue weighted by molar-refractivity contribution is -0.127. The SMILES string of the molecule is C=CCc1cc(/C=C2\SC(=O)N(CC(=O)Nc3ccc(F)cc3)C2=O)cc(OCC)c1OCc1ccc(Cl)cc1. The second-order valence-corrected chi connectivity index (χ2v) is 10.1. The number of anilines is 1. The number of halogens is 2. The van der Waals surface area contributed by atoms with Crippen LogP contribution in [-0.4, -0.2) is 35.1 Å². The topological polar surface area (TPSA) is 84.9 Å². The van der Waals surface area contributed by atoms with Crippen LogP contribution in [0.2, 0.25) is 5.02 Å². The Morgan fingerprint density at radius 3 is 2.50 bits per heavy atom. The number of allylic oxidation sites excluding steroid dienone is 1. The van der Waals surface area contributed by atoms with Crippen LogP contribution in [0, 0.1) is 5.82 Å². The number of ether oxygens (including phenoxy) is 2. The highest BCUT2D eigenvalue weighted by Crippen LogP contribution is 2.38. The van der Waals surface area contributed by atoms with Gasteiger partial charge in [0.05, 0.1) is 11.5 Å². The third-order valence-corrected chi connectivity index (χ3v) is 6.88. The first-order valence-corrected chi connectivity index (χ1v) is 13.6. The van der Waals surface area contributed by atoms with Crippen molar-refractivity contribution < 1.29 is 28.2 Å². The molecule has 0 aromatic heterocycles. The van der Waals surface area contributed by atoms with Crippen LogP contribution in [0.5, 0.6) is 11.5 Å². The van der Waals surface area contributed by atoms with Gasteiger partial charge in [0, 0.05) is 16.3 Å². The number of carbonyl (C=O) groups excluding carboxylic acids is 3. The van der Waals surface area contributed by atoms with E-state index in [9.17, 15) is 18.8 Å². The first kappa shape index (κ1) is 28.9. The third kappa shape index (κ3) is 7.31. The summed E-state index contributed by atoms with van der Waals surface area (Å²) in [7, 11) is 0. The predicted molar refractivity (Wildman–Crippen MR) is 155 cm³/mol. The van der Waals surface area contributed by atoms with Gasteiger partial charge in [-0.1, -0.05) is 29.8 Å². The number of rotatable bonds is 11. The minimum absolute atomic E-state index is 0.168. The van der Waals surface area contributed by atoms with Crippen LogP contribution in [0.25, 0.3) is 6.08 Å². The van der Waals surface area contributed by atoms with E-state index in [0.29, 0.717) is 47.4 Å². The largest absolute Gasteiger partial charge is 0.490 e. The van der Waals surface area contributed by atoms with Crippen LogP contribution in [0.1, 0.15) is 23.6 Å². The minimum atomic E-state index is -0.587. The Hall–Kier alpha value is -4.08. The Kier molecular flexibility index (Phi) is 9.63. The molecule has 10 heteroatoms. The van der Waals surface area contributed by atoms with Crippen LogP contribution < -0.4 is 14.8 Å². The average molecular weight is 581 g/mol. The van der Waals surface area contributed by atoms with Gasteiger partial charge in [-0.3, -0.25) is 19.3 Å². The van der Waals surface area contributed by atoms with E-state index in [1.807, 2.05) is 25.1 Å². The van der Waals surface area contributed by atoms with Gasteiger partial charge < -0.3 is 14.8 Å². The van der Waals surface area contributed by atoms with Crippen molar-refractivity contribution in [3.8, 4) is 11.5 Å². The number of imide groups is 1. The number of hydrogen-bond donors (Lipinski definition) is 1. The molecule has 206 valence electrons. The van der Waals surface area contributed by atoms with Crippen LogP contribution in [-0.2, 0) is 22.6 Å². The normalized spacial score (nSPS) is 14.0. The number of carbonyl (C=O) groups is 3. The van der Waals surface area contributed by atoms with Gasteiger partial charge in [0.2, 0.25) is 5.91 Å². The van der Waals surface area contributed by atoms with Crippen molar-refractivity contribution in [3.63, 3.8) is 0 Å². The van der Waals surface area contributed by atoms with Crippen molar-refractivity contribution in [1.82, 2.24) is 4.90 Å². The van der Waals surface area contributed by atoms with Crippen molar-refractivity contribution in [2.45, 2.75) is 20.0 Å². The molecule has 0 saturated carbocycles. The Morgan fingerprint density at radius 1 is 1.10 bits per heavy atom. The maximum atomic E-state index is 13.1. The molecule has 1 heterocycles. The lowest BCUT2D eigenvalue weighted by Gasteiger charge is -2.17. The number of amides is 3. The molecular weight excluding hydrogens is 555 g/mol. The molecule has 3 aromatic carbocycles. The highest BCUT2D eigenvalue weighted by Gasteiger charge is 2.36. The van der Waals surface area contributed by atoms with Crippen molar-refractivity contribution >= 4 is 52.2 Å². The van der Waals surface area contributed by atoms with Gasteiger partial charge in [0.15, 0.2) is 11.5 Å². The summed E-state index contributed by atoms with van der Waals surface area (Å²) in [6.45, 7) is 5.89. The number of nitrogens with zero attached hydrogens (tertiary/aromatic N) is 1. The lowest BCUT2D eigenvalue weighted by Crippen LogP contribution is -2.36. The second kappa shape index (κ2) is 13.3. The molecule has 0 unspecified atom stereocenters. The molecule has 1 fully saturated rings. The fourth-order valence-corrected chi connectivity index (χ4v) is 4.87. The monoisotopic (exact) mass is 580 g/mol. The average Bonchev–Trinajstić information content (AvgIpc) is 3.18. The summed E-state index contributed by atoms with van der Waals surface area (Å²) in [5, 5.41) is 2.62. The van der Waals surface area contributed by atoms with Gasteiger partial charge in [0.25, 0.3) is 11.1 Å². The molecular formula is C30H26ClFN2O5S. The molecule has 0 atom stereocenters. The maximum Gasteiger partial charge on any atom is 0.294 e. The lowest BCUT2D eigenvalue weighted by atomic mass is 10.0. The summed E-state index contributed by atoms with van der Waals surface area (Å²) >= 11 is 6.73. The highest BCUT2D eigenvalue weighted by molar-refractivity contribution is 8.18. The summed E-state index contributed by atoms with van der Waals surface area (Å²) in [4.78, 5) is 39.1. The van der Waals surface area contributed by atoms with E-state index in [2.05, 4.69) is 11.9 Å². The maximum absolute atomic E-state index is 13.1. The standard InChI is InChI=1S/C30H26ClFN2O5S/c1-3-5-21-14-20(15-25(38-4-2)28(21)39-18-19-6-8-22(31)9-7-19)16-26-29(36)34(30(37)40-26)17-27(35)33-24-12-10-23(32)11-13-24/h3,6-16H,1,4-5,17-18H2,2H3,(H,33,35)/b26-16-. The first-order chi connectivity index (χ1) is 19.3. The number of thioether (sulfide) groups is 1. The Balaban J connectivity index is 1.54. The van der Waals surface area contributed by atoms with Crippen molar-refractivity contribution in [1.29, 1.82) is 0 Å². The number of benzene rings is 3. The van der Waals surface area contributed by atoms with Gasteiger partial charge in [-0.15, -0.1) is 6.58 Å². The molecule has 1 aliphatic rings. The zero-order chi connectivity index (χ0) is 28.6. The minimum Gasteiger partial charge on any atom is -0.490 e. The van der Waals surface area contributed by atoms with E-state index in [4.69, 9.17) is 21.1 Å². The number of nitrogens with one attached hydrogen (secondary N) is 1. The molecule has 1 aliphatic heterocycles. The Bertz CT molecular complexity index is 1460. The molecule has 0 bridgehead atoms. The quantitative estimate of drug-likeness (QED) is 0.197. The van der Waals surface area contributed by atoms with E-state index in [1.54, 1.807) is 30.4 Å². The van der Waals surface area contributed by atoms with Gasteiger partial charge in [-0.05, 0) is 90.8 Å². The number of hydrogen-bond acceptors (Lipinski definition) is 6. The van der Waals surface area contributed by atoms with Gasteiger partial charge >= 0.3 is 0 Å². The van der Waals surface area contributed by atoms with Gasteiger partial charge in [-0.2, -0.15) is 0 Å². The zero-order valence-corrected chi connectivity index (χ0v) is 23.2. The van der Waals surface area contributed by atoms with E-state index < -0.39 is 29.4 Å². The molecule has 0 radical (unpaired) electrons. The third-order valence-electron chi connectivity index (χ3n) is 5.72. The van der Waals surface area contributed by atoms with Crippen molar-refractivity contribution in [2.75, 3.05) is 18.5 Å². The molecule has 3 amide bonds. The first-order valence-electron chi connectivity index (χ1n) is 12.4. The smallest absolute Gasteiger partial charge is 0.294 e. The molecule has 40 heavy (non-hydrogen) atoms. The van der Waals surface area contributed by atoms with Gasteiger partial charge in [0.1, 0.15) is 19.0 Å². The van der Waals surface area contributed by atoms with E-state index in [1.165, 1.54) is 24.3 Å². The summed E-state index contributed by atoms with van der Waals surface area (Å²) in [6, 6.07) is 16.1. The predicted octanol–water partition coefficient (Wildman–Crippen LogP) is 6.86. The molecule has 0 aliphatic carbocycles. The fraction of sp³-hybridized carbons (Fsp3) is 0.167. The van der Waals surface area contributed by atoms with Gasteiger partial charge in [-0.25, -0.2) is 4.39 Å². The van der Waals surface area contributed by atoms with E-state index >= 15 is 0 Å². The van der Waals surface area contributed by atoms with Crippen LogP contribution in [0.15, 0.2) is 78.2 Å². The van der Waals surface area contributed by atoms with E-state index in [0.717, 1.165) is 27.8 Å². The highest BCUT2D eigenvalue weighted by atomic mass is 35.5. The molecule has 3 aromatic rings. The van der Waals surface area contributed by atoms with Crippen LogP contribution in [0.4, 0.5) is 14.9 Å². The van der Waals surface area contributed by atoms with Crippen molar-refractivity contribution in [2.24, 2.45) is 0 Å². The van der Waals surface area contributed by atoms with Crippen LogP contribution >= 0.6 is 23.4 Å². The summed E-state index contributed by atoms with van der Waals surface area (Å²) in [5.41, 5.74) is 2.70. The Labute approximate surface area is 240 Å². The zero-order valence-electron chi connectivity index (χ0n) is 21.6. The second-order valence-electron chi connectivity index (χ2n) is 8.67. The molecule has 7 nitrogen and oxygen atoms in total. The fourth-order valence-electron chi connectivity index (χ4n) is 3.90. The molecule has 0 spiro atoms. The van der Waals surface area contributed by atoms with Crippen LogP contribution in [0.3, 0.4) is 0 Å². The summed E-state index contributed by atoms with van der Waals surface area (Å²) < 4.78 is 25.1. The molecule has 1 saturated heterocycles. The van der Waals surface area contributed by atoms with Crippen molar-refractivity contribution in [3.05, 3.63) is 106 Å². The summed E-state index contributed by atoms with van der Waals surface area (Å²) in [5.74, 6) is -0.571. The molecule has 4 rings (SSSR count). The molecule has 1 N–H and O–H groups in total.